The van der Waals surface area contributed by atoms with Crippen molar-refractivity contribution in [1.82, 2.24) is 10.2 Å². The van der Waals surface area contributed by atoms with E-state index in [1.807, 2.05) is 0 Å². The molecule has 0 aromatic heterocycles. The van der Waals surface area contributed by atoms with E-state index in [-0.39, 0.29) is 35.7 Å². The summed E-state index contributed by atoms with van der Waals surface area (Å²) in [6.07, 6.45) is 5.30. The van der Waals surface area contributed by atoms with Crippen molar-refractivity contribution in [2.75, 3.05) is 24.7 Å². The highest BCUT2D eigenvalue weighted by molar-refractivity contribution is 7.99. The Kier molecular flexibility index (Phi) is 6.25. The fourth-order valence-electron chi connectivity index (χ4n) is 3.68. The molecule has 7 heteroatoms. The van der Waals surface area contributed by atoms with Gasteiger partial charge >= 0.3 is 5.97 Å². The van der Waals surface area contributed by atoms with E-state index in [9.17, 15) is 14.4 Å². The fourth-order valence-corrected chi connectivity index (χ4v) is 4.72. The number of esters is 1. The van der Waals surface area contributed by atoms with Crippen molar-refractivity contribution in [2.24, 2.45) is 11.8 Å². The van der Waals surface area contributed by atoms with Crippen LogP contribution in [0.5, 0.6) is 0 Å². The van der Waals surface area contributed by atoms with Gasteiger partial charge in [0.1, 0.15) is 6.04 Å². The molecule has 6 nitrogen and oxygen atoms in total. The minimum Gasteiger partial charge on any atom is -0.464 e. The van der Waals surface area contributed by atoms with Gasteiger partial charge in [-0.05, 0) is 45.4 Å². The zero-order chi connectivity index (χ0) is 17.8. The van der Waals surface area contributed by atoms with Crippen LogP contribution in [0.3, 0.4) is 0 Å². The van der Waals surface area contributed by atoms with Gasteiger partial charge in [0, 0.05) is 35.9 Å². The summed E-state index contributed by atoms with van der Waals surface area (Å²) in [4.78, 5) is 38.7. The summed E-state index contributed by atoms with van der Waals surface area (Å²) in [5.41, 5.74) is 0. The summed E-state index contributed by atoms with van der Waals surface area (Å²) < 4.78 is 5.14. The summed E-state index contributed by atoms with van der Waals surface area (Å²) in [6, 6.07) is -0.242. The van der Waals surface area contributed by atoms with Crippen molar-refractivity contribution < 1.29 is 19.1 Å². The molecule has 1 aliphatic heterocycles. The average molecular weight is 368 g/mol. The van der Waals surface area contributed by atoms with Crippen LogP contribution < -0.4 is 5.32 Å². The second kappa shape index (κ2) is 8.43. The summed E-state index contributed by atoms with van der Waals surface area (Å²) in [6.45, 7) is 2.75. The van der Waals surface area contributed by atoms with Crippen molar-refractivity contribution in [2.45, 2.75) is 57.5 Å². The molecule has 1 unspecified atom stereocenters. The second-order valence-electron chi connectivity index (χ2n) is 7.21. The molecule has 0 aromatic carbocycles. The number of amides is 2. The van der Waals surface area contributed by atoms with Gasteiger partial charge in [0.05, 0.1) is 6.61 Å². The van der Waals surface area contributed by atoms with Gasteiger partial charge in [-0.3, -0.25) is 9.59 Å². The lowest BCUT2D eigenvalue weighted by Crippen LogP contribution is -2.53. The van der Waals surface area contributed by atoms with E-state index in [4.69, 9.17) is 4.74 Å². The molecule has 3 fully saturated rings. The molecule has 0 spiro atoms. The maximum absolute atomic E-state index is 12.9. The van der Waals surface area contributed by atoms with E-state index in [2.05, 4.69) is 5.32 Å². The van der Waals surface area contributed by atoms with Crippen LogP contribution in [0.4, 0.5) is 0 Å². The molecule has 1 heterocycles. The molecular formula is C18H28N2O4S. The van der Waals surface area contributed by atoms with Crippen molar-refractivity contribution >= 4 is 29.5 Å². The lowest BCUT2D eigenvalue weighted by molar-refractivity contribution is -0.155. The first kappa shape index (κ1) is 18.5. The Bertz CT molecular complexity index is 515. The normalized spacial score (nSPS) is 29.8. The Labute approximate surface area is 153 Å². The molecule has 3 rings (SSSR count). The lowest BCUT2D eigenvalue weighted by atomic mass is 9.84. The predicted molar refractivity (Wildman–Crippen MR) is 96.1 cm³/mol. The van der Waals surface area contributed by atoms with Gasteiger partial charge in [0.15, 0.2) is 0 Å². The number of nitrogens with one attached hydrogen (secondary N) is 1. The van der Waals surface area contributed by atoms with E-state index >= 15 is 0 Å². The standard InChI is InChI=1S/C18H28N2O4S/c1-2-24-18(23)15-11-25-10-9-20(15)17(22)13-5-7-14(8-6-13)19-16(21)12-3-4-12/h12-15H,2-11H2,1H3,(H,19,21). The highest BCUT2D eigenvalue weighted by Crippen LogP contribution is 2.32. The monoisotopic (exact) mass is 368 g/mol. The van der Waals surface area contributed by atoms with Gasteiger partial charge in [0.25, 0.3) is 0 Å². The number of ether oxygens (including phenoxy) is 1. The summed E-state index contributed by atoms with van der Waals surface area (Å²) >= 11 is 1.70. The van der Waals surface area contributed by atoms with Crippen LogP contribution in [0.2, 0.25) is 0 Å². The highest BCUT2D eigenvalue weighted by Gasteiger charge is 2.38. The number of carbonyl (C=O) groups is 3. The molecule has 3 aliphatic rings. The van der Waals surface area contributed by atoms with Gasteiger partial charge in [0.2, 0.25) is 11.8 Å². The molecule has 0 aromatic rings. The SMILES string of the molecule is CCOC(=O)C1CSCCN1C(=O)C1CCC(NC(=O)C2CC2)CC1. The van der Waals surface area contributed by atoms with Crippen LogP contribution in [-0.4, -0.2) is 59.4 Å². The van der Waals surface area contributed by atoms with Crippen LogP contribution in [0.1, 0.15) is 45.4 Å². The first-order chi connectivity index (χ1) is 12.1. The Balaban J connectivity index is 1.51. The average Bonchev–Trinajstić information content (AvgIpc) is 3.47. The van der Waals surface area contributed by atoms with Crippen LogP contribution >= 0.6 is 11.8 Å². The fraction of sp³-hybridized carbons (Fsp3) is 0.833. The Morgan fingerprint density at radius 3 is 2.40 bits per heavy atom. The maximum Gasteiger partial charge on any atom is 0.329 e. The Morgan fingerprint density at radius 1 is 1.08 bits per heavy atom. The molecule has 140 valence electrons. The molecule has 25 heavy (non-hydrogen) atoms. The topological polar surface area (TPSA) is 75.7 Å². The van der Waals surface area contributed by atoms with Gasteiger partial charge in [-0.2, -0.15) is 11.8 Å². The molecule has 1 saturated heterocycles. The second-order valence-corrected chi connectivity index (χ2v) is 8.36. The van der Waals surface area contributed by atoms with Crippen molar-refractivity contribution in [1.29, 1.82) is 0 Å². The number of thioether (sulfide) groups is 1. The highest BCUT2D eigenvalue weighted by atomic mass is 32.2. The van der Waals surface area contributed by atoms with Gasteiger partial charge in [-0.25, -0.2) is 4.79 Å². The van der Waals surface area contributed by atoms with E-state index in [1.54, 1.807) is 23.6 Å². The molecule has 1 N–H and O–H groups in total. The van der Waals surface area contributed by atoms with E-state index in [1.165, 1.54) is 0 Å². The van der Waals surface area contributed by atoms with Gasteiger partial charge < -0.3 is 15.0 Å². The van der Waals surface area contributed by atoms with Crippen molar-refractivity contribution in [3.8, 4) is 0 Å². The number of hydrogen-bond acceptors (Lipinski definition) is 5. The first-order valence-electron chi connectivity index (χ1n) is 9.45. The molecule has 2 aliphatic carbocycles. The Morgan fingerprint density at radius 2 is 1.76 bits per heavy atom. The largest absolute Gasteiger partial charge is 0.464 e. The van der Waals surface area contributed by atoms with Crippen LogP contribution in [0.15, 0.2) is 0 Å². The minimum atomic E-state index is -0.446. The zero-order valence-electron chi connectivity index (χ0n) is 14.9. The van der Waals surface area contributed by atoms with Crippen LogP contribution in [0.25, 0.3) is 0 Å². The maximum atomic E-state index is 12.9. The smallest absolute Gasteiger partial charge is 0.329 e. The van der Waals surface area contributed by atoms with Crippen molar-refractivity contribution in [3.05, 3.63) is 0 Å². The summed E-state index contributed by atoms with van der Waals surface area (Å²) in [5, 5.41) is 3.12. The Hall–Kier alpha value is -1.24. The number of carbonyl (C=O) groups excluding carboxylic acids is 3. The van der Waals surface area contributed by atoms with E-state index in [0.29, 0.717) is 18.9 Å². The molecular weight excluding hydrogens is 340 g/mol. The third-order valence-corrected chi connectivity index (χ3v) is 6.36. The molecule has 2 saturated carbocycles. The van der Waals surface area contributed by atoms with Gasteiger partial charge in [-0.15, -0.1) is 0 Å². The molecule has 0 bridgehead atoms. The third kappa shape index (κ3) is 4.68. The lowest BCUT2D eigenvalue weighted by Gasteiger charge is -2.38. The minimum absolute atomic E-state index is 0.0332. The van der Waals surface area contributed by atoms with E-state index < -0.39 is 6.04 Å². The number of hydrogen-bond donors (Lipinski definition) is 1. The molecule has 2 amide bonds. The molecule has 0 radical (unpaired) electrons. The molecule has 1 atom stereocenters. The third-order valence-electron chi connectivity index (χ3n) is 5.34. The summed E-state index contributed by atoms with van der Waals surface area (Å²) in [5.74, 6) is 1.68. The number of nitrogens with zero attached hydrogens (tertiary/aromatic N) is 1. The quantitative estimate of drug-likeness (QED) is 0.746. The van der Waals surface area contributed by atoms with Crippen molar-refractivity contribution in [3.63, 3.8) is 0 Å². The van der Waals surface area contributed by atoms with E-state index in [0.717, 1.165) is 44.3 Å². The van der Waals surface area contributed by atoms with Crippen LogP contribution in [0, 0.1) is 11.8 Å². The zero-order valence-corrected chi connectivity index (χ0v) is 15.7. The summed E-state index contributed by atoms with van der Waals surface area (Å²) in [7, 11) is 0. The van der Waals surface area contributed by atoms with Crippen LogP contribution in [-0.2, 0) is 19.1 Å². The number of rotatable bonds is 5. The van der Waals surface area contributed by atoms with Gasteiger partial charge in [-0.1, -0.05) is 0 Å². The first-order valence-corrected chi connectivity index (χ1v) is 10.6. The predicted octanol–water partition coefficient (Wildman–Crippen LogP) is 1.58.